The van der Waals surface area contributed by atoms with Gasteiger partial charge in [0.25, 0.3) is 10.1 Å². The molecule has 0 saturated heterocycles. The summed E-state index contributed by atoms with van der Waals surface area (Å²) in [5, 5.41) is 1.11. The van der Waals surface area contributed by atoms with Gasteiger partial charge in [-0.05, 0) is 11.6 Å². The quantitative estimate of drug-likeness (QED) is 0.518. The second kappa shape index (κ2) is 9.97. The second-order valence-electron chi connectivity index (χ2n) is 2.89. The van der Waals surface area contributed by atoms with Crippen molar-refractivity contribution in [2.45, 2.75) is 0 Å². The molecule has 0 saturated carbocycles. The third-order valence-corrected chi connectivity index (χ3v) is 2.33. The van der Waals surface area contributed by atoms with E-state index in [2.05, 4.69) is 6.58 Å². The molecule has 1 aromatic rings. The van der Waals surface area contributed by atoms with Crippen LogP contribution in [0, 0.1) is 0 Å². The zero-order chi connectivity index (χ0) is 14.2. The fraction of sp³-hybridized carbons (Fsp3) is 0. The van der Waals surface area contributed by atoms with Gasteiger partial charge in [-0.15, -0.1) is 0 Å². The predicted octanol–water partition coefficient (Wildman–Crippen LogP) is -1.78. The Morgan fingerprint density at radius 1 is 1.11 bits per heavy atom. The molecule has 0 radical (unpaired) electrons. The average molecular weight is 330 g/mol. The molecule has 6 nitrogen and oxygen atoms in total. The number of hydrogen-bond acceptors (Lipinski definition) is 5. The van der Waals surface area contributed by atoms with Crippen molar-refractivity contribution in [1.82, 2.24) is 0 Å². The Hall–Kier alpha value is 0.156. The molecule has 0 aromatic heterocycles. The summed E-state index contributed by atoms with van der Waals surface area (Å²) >= 11 is 0. The number of rotatable bonds is 3. The maximum Gasteiger partial charge on any atom is 1.00 e. The molecule has 0 amide bonds. The largest absolute Gasteiger partial charge is 1.00 e. The first-order chi connectivity index (χ1) is 8.14. The molecule has 1 N–H and O–H groups in total. The fourth-order valence-corrected chi connectivity index (χ4v) is 1.05. The Balaban J connectivity index is 0. The van der Waals surface area contributed by atoms with Crippen LogP contribution >= 0.6 is 0 Å². The van der Waals surface area contributed by atoms with Gasteiger partial charge in [0.15, 0.2) is 0 Å². The molecular weight excluding hydrogens is 319 g/mol. The van der Waals surface area contributed by atoms with Gasteiger partial charge >= 0.3 is 51.4 Å². The topological polar surface area (TPSA) is 112 Å². The molecule has 0 aliphatic rings. The molecule has 0 bridgehead atoms. The van der Waals surface area contributed by atoms with Gasteiger partial charge in [-0.1, -0.05) is 36.9 Å². The van der Waals surface area contributed by atoms with E-state index in [1.54, 1.807) is 24.3 Å². The van der Waals surface area contributed by atoms with Gasteiger partial charge in [0.05, 0.1) is 5.41 Å². The molecule has 100 valence electrons. The Kier molecular flexibility index (Phi) is 11.3. The van der Waals surface area contributed by atoms with E-state index in [-0.39, 0.29) is 51.4 Å². The summed E-state index contributed by atoms with van der Waals surface area (Å²) in [5.41, 5.74) is 0.692. The normalized spacial score (nSPS) is 11.1. The Labute approximate surface area is 155 Å². The first-order valence-corrected chi connectivity index (χ1v) is 7.40. The van der Waals surface area contributed by atoms with E-state index >= 15 is 0 Å². The maximum absolute atomic E-state index is 10.2. The van der Waals surface area contributed by atoms with E-state index in [0.717, 1.165) is 0 Å². The zero-order valence-electron chi connectivity index (χ0n) is 10.1. The third-order valence-electron chi connectivity index (χ3n) is 1.44. The van der Waals surface area contributed by atoms with Crippen LogP contribution in [0.2, 0.25) is 0 Å². The standard InChI is InChI=1S/C8H8O3S.C2H4O3S.K/c9-12(10,11)7-6-8-4-2-1-3-5-8;1-2-6(3,4)5;/h1-7H,(H,9,10,11);2H,1H2,(H,3,4,5);/q;;+1/p-1. The van der Waals surface area contributed by atoms with Crippen LogP contribution in [0.1, 0.15) is 5.56 Å². The van der Waals surface area contributed by atoms with Gasteiger partial charge in [0.1, 0.15) is 10.1 Å². The van der Waals surface area contributed by atoms with Crippen LogP contribution in [0.4, 0.5) is 0 Å². The Morgan fingerprint density at radius 2 is 1.53 bits per heavy atom. The van der Waals surface area contributed by atoms with Crippen LogP contribution in [0.3, 0.4) is 0 Å². The minimum Gasteiger partial charge on any atom is -0.744 e. The summed E-state index contributed by atoms with van der Waals surface area (Å²) in [6, 6.07) is 8.75. The molecule has 0 aliphatic carbocycles. The van der Waals surface area contributed by atoms with Crippen molar-refractivity contribution in [3.63, 3.8) is 0 Å². The Bertz CT molecular complexity index is 593. The van der Waals surface area contributed by atoms with Gasteiger partial charge in [-0.2, -0.15) is 8.42 Å². The van der Waals surface area contributed by atoms with E-state index in [1.165, 1.54) is 6.08 Å². The summed E-state index contributed by atoms with van der Waals surface area (Å²) in [7, 11) is -8.15. The fourth-order valence-electron chi connectivity index (χ4n) is 0.726. The zero-order valence-corrected chi connectivity index (χ0v) is 14.9. The van der Waals surface area contributed by atoms with Crippen molar-refractivity contribution in [2.75, 3.05) is 0 Å². The second-order valence-corrected chi connectivity index (χ2v) is 5.51. The summed E-state index contributed by atoms with van der Waals surface area (Å²) in [4.78, 5) is 0. The molecule has 0 aliphatic heterocycles. The van der Waals surface area contributed by atoms with E-state index in [1.807, 2.05) is 6.07 Å². The van der Waals surface area contributed by atoms with Crippen LogP contribution in [0.25, 0.3) is 6.08 Å². The van der Waals surface area contributed by atoms with Crippen LogP contribution in [-0.4, -0.2) is 25.9 Å². The summed E-state index contributed by atoms with van der Waals surface area (Å²) in [5.74, 6) is 0. The van der Waals surface area contributed by atoms with Crippen LogP contribution < -0.4 is 51.4 Å². The molecule has 0 unspecified atom stereocenters. The first-order valence-electron chi connectivity index (χ1n) is 4.43. The molecular formula is C10H11KO6S2. The average Bonchev–Trinajstić information content (AvgIpc) is 2.27. The van der Waals surface area contributed by atoms with Crippen molar-refractivity contribution < 1.29 is 77.3 Å². The van der Waals surface area contributed by atoms with Crippen molar-refractivity contribution in [2.24, 2.45) is 0 Å². The van der Waals surface area contributed by atoms with E-state index in [9.17, 15) is 21.4 Å². The summed E-state index contributed by atoms with van der Waals surface area (Å²) in [6.45, 7) is 2.79. The van der Waals surface area contributed by atoms with Crippen molar-refractivity contribution >= 4 is 26.3 Å². The van der Waals surface area contributed by atoms with Crippen LogP contribution in [0.15, 0.2) is 47.7 Å². The van der Waals surface area contributed by atoms with E-state index in [0.29, 0.717) is 16.4 Å². The summed E-state index contributed by atoms with van der Waals surface area (Å²) < 4.78 is 57.0. The van der Waals surface area contributed by atoms with Gasteiger partial charge in [-0.25, -0.2) is 8.42 Å². The minimum absolute atomic E-state index is 0. The third kappa shape index (κ3) is 16.1. The monoisotopic (exact) mass is 330 g/mol. The molecule has 0 atom stereocenters. The molecule has 0 spiro atoms. The molecule has 1 rings (SSSR count). The van der Waals surface area contributed by atoms with Crippen LogP contribution in [-0.2, 0) is 20.2 Å². The number of hydrogen-bond donors (Lipinski definition) is 1. The van der Waals surface area contributed by atoms with Gasteiger partial charge in [-0.3, -0.25) is 4.55 Å². The predicted molar refractivity (Wildman–Crippen MR) is 66.9 cm³/mol. The van der Waals surface area contributed by atoms with Gasteiger partial charge in [0, 0.05) is 5.41 Å². The first kappa shape index (κ1) is 21.5. The molecule has 0 heterocycles. The van der Waals surface area contributed by atoms with Crippen LogP contribution in [0.5, 0.6) is 0 Å². The van der Waals surface area contributed by atoms with E-state index in [4.69, 9.17) is 4.55 Å². The van der Waals surface area contributed by atoms with Crippen molar-refractivity contribution in [3.05, 3.63) is 53.3 Å². The molecule has 0 fully saturated rings. The summed E-state index contributed by atoms with van der Waals surface area (Å²) in [6.07, 6.45) is 1.27. The van der Waals surface area contributed by atoms with Crippen molar-refractivity contribution in [3.8, 4) is 0 Å². The SMILES string of the molecule is C=CS(=O)(=O)O.O=S(=O)([O-])C=Cc1ccccc1.[K+]. The minimum atomic E-state index is -4.25. The van der Waals surface area contributed by atoms with Crippen molar-refractivity contribution in [1.29, 1.82) is 0 Å². The number of benzene rings is 1. The van der Waals surface area contributed by atoms with E-state index < -0.39 is 20.2 Å². The maximum atomic E-state index is 10.2. The molecule has 19 heavy (non-hydrogen) atoms. The molecule has 1 aromatic carbocycles. The van der Waals surface area contributed by atoms with Gasteiger partial charge in [0.2, 0.25) is 0 Å². The Morgan fingerprint density at radius 3 is 1.84 bits per heavy atom. The smallest absolute Gasteiger partial charge is 0.744 e. The molecule has 9 heteroatoms. The van der Waals surface area contributed by atoms with Gasteiger partial charge < -0.3 is 4.55 Å².